The number of thiol groups is 2. The van der Waals surface area contributed by atoms with Crippen LogP contribution in [0.4, 0.5) is 0 Å². The molecule has 18 heteroatoms. The summed E-state index contributed by atoms with van der Waals surface area (Å²) in [5, 5.41) is 10.0. The average Bonchev–Trinajstić information content (AvgIpc) is 3.84. The van der Waals surface area contributed by atoms with Gasteiger partial charge in [-0.05, 0) is 36.8 Å². The van der Waals surface area contributed by atoms with E-state index >= 15 is 0 Å². The monoisotopic (exact) mass is 890 g/mol. The standard InChI is InChI=1S/C27H26N2S16/c1-29-10-12-35-25-27(45-21(43-25)8-7-19-40-22(32-2)23(33-3)41-19)37-15-36-26-24(34-11-4-9-28)42-20(44-26)6-5-18-38-16(13-30)17(14-31)39-18/h5-8,30-31H,4,10-15H2,2-3H3. The molecule has 2 nitrogen and oxygen atoms in total. The third-order valence-corrected chi connectivity index (χ3v) is 24.8. The van der Waals surface area contributed by atoms with Crippen LogP contribution in [0.25, 0.3) is 4.85 Å². The minimum Gasteiger partial charge on any atom is -0.316 e. The summed E-state index contributed by atoms with van der Waals surface area (Å²) in [6.45, 7) is 7.74. The van der Waals surface area contributed by atoms with Crippen molar-refractivity contribution in [1.82, 2.24) is 0 Å². The number of nitriles is 1. The number of thioether (sulfide) groups is 14. The first-order chi connectivity index (χ1) is 22.0. The molecule has 4 aliphatic rings. The molecule has 0 N–H and O–H groups in total. The van der Waals surface area contributed by atoms with Crippen LogP contribution in [-0.2, 0) is 0 Å². The molecule has 0 bridgehead atoms. The normalized spacial score (nSPS) is 20.5. The number of allylic oxidation sites excluding steroid dienone is 4. The van der Waals surface area contributed by atoms with Crippen LogP contribution >= 0.6 is 190 Å². The Bertz CT molecular complexity index is 1310. The van der Waals surface area contributed by atoms with Gasteiger partial charge in [0.05, 0.1) is 50.0 Å². The van der Waals surface area contributed by atoms with Gasteiger partial charge in [0.2, 0.25) is 6.54 Å². The van der Waals surface area contributed by atoms with Crippen molar-refractivity contribution in [3.05, 3.63) is 87.9 Å². The highest BCUT2D eigenvalue weighted by molar-refractivity contribution is 8.44. The van der Waals surface area contributed by atoms with Gasteiger partial charge in [-0.2, -0.15) is 30.5 Å². The highest BCUT2D eigenvalue weighted by Crippen LogP contribution is 2.62. The van der Waals surface area contributed by atoms with Crippen LogP contribution in [0.3, 0.4) is 0 Å². The minimum absolute atomic E-state index is 0.539. The molecule has 0 aromatic rings. The molecule has 0 atom stereocenters. The molecule has 0 radical (unpaired) electrons. The topological polar surface area (TPSA) is 28.1 Å². The van der Waals surface area contributed by atoms with Crippen molar-refractivity contribution in [2.45, 2.75) is 6.42 Å². The van der Waals surface area contributed by atoms with E-state index in [9.17, 15) is 0 Å². The smallest absolute Gasteiger partial charge is 0.224 e. The summed E-state index contributed by atoms with van der Waals surface area (Å²) in [6.07, 6.45) is 13.8. The summed E-state index contributed by atoms with van der Waals surface area (Å²) >= 11 is 34.7. The van der Waals surface area contributed by atoms with Crippen molar-refractivity contribution < 1.29 is 0 Å². The Morgan fingerprint density at radius 1 is 0.644 bits per heavy atom. The van der Waals surface area contributed by atoms with Gasteiger partial charge in [-0.1, -0.05) is 94.1 Å². The Hall–Kier alpha value is 2.50. The molecule has 4 heterocycles. The zero-order valence-electron chi connectivity index (χ0n) is 23.8. The molecule has 0 fully saturated rings. The van der Waals surface area contributed by atoms with E-state index in [1.165, 1.54) is 52.2 Å². The van der Waals surface area contributed by atoms with Crippen LogP contribution < -0.4 is 0 Å². The summed E-state index contributed by atoms with van der Waals surface area (Å²) < 4.78 is 13.2. The van der Waals surface area contributed by atoms with Gasteiger partial charge in [0.1, 0.15) is 0 Å². The van der Waals surface area contributed by atoms with Crippen LogP contribution in [0.5, 0.6) is 0 Å². The van der Waals surface area contributed by atoms with Gasteiger partial charge >= 0.3 is 0 Å². The predicted molar refractivity (Wildman–Crippen MR) is 243 cm³/mol. The fraction of sp³-hybridized carbons (Fsp3) is 0.333. The van der Waals surface area contributed by atoms with Crippen molar-refractivity contribution in [1.29, 1.82) is 5.26 Å². The molecule has 4 aliphatic heterocycles. The van der Waals surface area contributed by atoms with Crippen LogP contribution in [0.1, 0.15) is 6.42 Å². The quantitative estimate of drug-likeness (QED) is 0.0666. The molecule has 4 rings (SSSR count). The Morgan fingerprint density at radius 3 is 1.44 bits per heavy atom. The van der Waals surface area contributed by atoms with E-state index < -0.39 is 0 Å². The number of hydrogen-bond donors (Lipinski definition) is 2. The fourth-order valence-electron chi connectivity index (χ4n) is 3.14. The van der Waals surface area contributed by atoms with E-state index in [4.69, 9.17) is 11.8 Å². The summed E-state index contributed by atoms with van der Waals surface area (Å²) in [6, 6.07) is 2.28. The van der Waals surface area contributed by atoms with E-state index in [0.717, 1.165) is 28.1 Å². The van der Waals surface area contributed by atoms with Gasteiger partial charge in [0, 0.05) is 42.8 Å². The highest BCUT2D eigenvalue weighted by atomic mass is 32.3. The molecule has 0 aromatic heterocycles. The average molecular weight is 892 g/mol. The van der Waals surface area contributed by atoms with E-state index in [2.05, 4.69) is 73.0 Å². The molecule has 0 saturated carbocycles. The zero-order chi connectivity index (χ0) is 32.0. The van der Waals surface area contributed by atoms with Crippen molar-refractivity contribution in [2.75, 3.05) is 47.2 Å². The first-order valence-corrected chi connectivity index (χ1v) is 26.9. The maximum absolute atomic E-state index is 9.10. The fourth-order valence-corrected chi connectivity index (χ4v) is 22.9. The largest absolute Gasteiger partial charge is 0.316 e. The molecule has 0 spiro atoms. The van der Waals surface area contributed by atoms with Crippen LogP contribution in [0, 0.1) is 17.9 Å². The molecule has 240 valence electrons. The molecule has 0 unspecified atom stereocenters. The zero-order valence-corrected chi connectivity index (χ0v) is 37.0. The van der Waals surface area contributed by atoms with E-state index in [-0.39, 0.29) is 0 Å². The lowest BCUT2D eigenvalue weighted by molar-refractivity contribution is 1.24. The Labute approximate surface area is 338 Å². The number of nitrogens with zero attached hydrogens (tertiary/aromatic N) is 2. The van der Waals surface area contributed by atoms with Gasteiger partial charge in [-0.3, -0.25) is 0 Å². The first-order valence-electron chi connectivity index (χ1n) is 12.7. The lowest BCUT2D eigenvalue weighted by Gasteiger charge is -2.05. The predicted octanol–water partition coefficient (Wildman–Crippen LogP) is 14.2. The van der Waals surface area contributed by atoms with E-state index in [0.29, 0.717) is 13.0 Å². The van der Waals surface area contributed by atoms with Gasteiger partial charge in [0.15, 0.2) is 0 Å². The van der Waals surface area contributed by atoms with Crippen LogP contribution in [0.2, 0.25) is 0 Å². The lowest BCUT2D eigenvalue weighted by atomic mass is 10.6. The summed E-state index contributed by atoms with van der Waals surface area (Å²) in [4.78, 5) is 6.17. The molecule has 0 aromatic carbocycles. The summed E-state index contributed by atoms with van der Waals surface area (Å²) in [7, 11) is 0. The number of hydrogen-bond acceptors (Lipinski definition) is 17. The van der Waals surface area contributed by atoms with Crippen LogP contribution in [0.15, 0.2) is 76.5 Å². The lowest BCUT2D eigenvalue weighted by Crippen LogP contribution is -1.82. The Morgan fingerprint density at radius 2 is 1.04 bits per heavy atom. The molecular weight excluding hydrogens is 865 g/mol. The van der Waals surface area contributed by atoms with E-state index in [1.807, 2.05) is 129 Å². The summed E-state index contributed by atoms with van der Waals surface area (Å²) in [5.41, 5.74) is 0. The maximum Gasteiger partial charge on any atom is 0.224 e. The second-order valence-corrected chi connectivity index (χ2v) is 25.9. The second-order valence-electron chi connectivity index (χ2n) is 7.95. The van der Waals surface area contributed by atoms with E-state index in [1.54, 1.807) is 35.3 Å². The highest BCUT2D eigenvalue weighted by Gasteiger charge is 2.26. The molecular formula is C27H26N2S16. The Kier molecular flexibility index (Phi) is 20.1. The van der Waals surface area contributed by atoms with Crippen molar-refractivity contribution in [3.8, 4) is 6.07 Å². The SMILES string of the molecule is [C-]#[N+]CCSC1=C(SCSC2=C(SCCC#N)SC(=CC=C3SC(CS)=C(CS)S3)S2)SC(=CC=C2SC(SC)=C(SC)S2)S1. The molecule has 0 amide bonds. The van der Waals surface area contributed by atoms with Crippen molar-refractivity contribution in [2.24, 2.45) is 0 Å². The van der Waals surface area contributed by atoms with Crippen LogP contribution in [-0.4, -0.2) is 47.2 Å². The second kappa shape index (κ2) is 22.4. The van der Waals surface area contributed by atoms with Gasteiger partial charge in [0.25, 0.3) is 0 Å². The Balaban J connectivity index is 1.38. The molecule has 0 saturated heterocycles. The van der Waals surface area contributed by atoms with Gasteiger partial charge < -0.3 is 4.85 Å². The first kappa shape index (κ1) is 40.3. The molecule has 45 heavy (non-hydrogen) atoms. The third kappa shape index (κ3) is 12.9. The van der Waals surface area contributed by atoms with Crippen molar-refractivity contribution >= 4 is 190 Å². The van der Waals surface area contributed by atoms with Gasteiger partial charge in [-0.15, -0.1) is 70.6 Å². The number of rotatable bonds is 16. The molecule has 0 aliphatic carbocycles. The minimum atomic E-state index is 0.539. The summed E-state index contributed by atoms with van der Waals surface area (Å²) in [5.74, 6) is 3.13. The third-order valence-electron chi connectivity index (χ3n) is 5.05. The van der Waals surface area contributed by atoms with Crippen molar-refractivity contribution in [3.63, 3.8) is 0 Å². The maximum atomic E-state index is 9.10. The van der Waals surface area contributed by atoms with Gasteiger partial charge in [-0.25, -0.2) is 6.57 Å².